The van der Waals surface area contributed by atoms with Crippen LogP contribution < -0.4 is 16.0 Å². The zero-order valence-electron chi connectivity index (χ0n) is 16.5. The average Bonchev–Trinajstić information content (AvgIpc) is 3.13. The summed E-state index contributed by atoms with van der Waals surface area (Å²) in [6.45, 7) is 2.98. The first kappa shape index (κ1) is 22.9. The van der Waals surface area contributed by atoms with Gasteiger partial charge in [0, 0.05) is 44.0 Å². The van der Waals surface area contributed by atoms with Crippen molar-refractivity contribution in [2.24, 2.45) is 5.73 Å². The van der Waals surface area contributed by atoms with E-state index in [0.717, 1.165) is 31.6 Å². The van der Waals surface area contributed by atoms with Crippen LogP contribution in [0.1, 0.15) is 18.4 Å². The van der Waals surface area contributed by atoms with Crippen molar-refractivity contribution in [2.75, 3.05) is 42.9 Å². The molecule has 0 aliphatic carbocycles. The van der Waals surface area contributed by atoms with Crippen molar-refractivity contribution < 1.29 is 9.59 Å². The molecule has 1 fully saturated rings. The van der Waals surface area contributed by atoms with Gasteiger partial charge < -0.3 is 16.0 Å². The highest BCUT2D eigenvalue weighted by Gasteiger charge is 2.21. The Hall–Kier alpha value is -2.41. The number of halogens is 1. The lowest BCUT2D eigenvalue weighted by molar-refractivity contribution is -0.117. The second kappa shape index (κ2) is 11.6. The van der Waals surface area contributed by atoms with Crippen LogP contribution in [0.2, 0.25) is 0 Å². The highest BCUT2D eigenvalue weighted by molar-refractivity contribution is 5.97. The van der Waals surface area contributed by atoms with Gasteiger partial charge in [-0.1, -0.05) is 36.4 Å². The fourth-order valence-electron chi connectivity index (χ4n) is 3.46. The summed E-state index contributed by atoms with van der Waals surface area (Å²) in [4.78, 5) is 28.3. The summed E-state index contributed by atoms with van der Waals surface area (Å²) < 4.78 is 0. The quantitative estimate of drug-likeness (QED) is 0.658. The molecule has 1 aliphatic rings. The predicted octanol–water partition coefficient (Wildman–Crippen LogP) is 2.68. The third kappa shape index (κ3) is 6.85. The molecule has 3 N–H and O–H groups in total. The summed E-state index contributed by atoms with van der Waals surface area (Å²) in [5.74, 6) is 0.0601. The highest BCUT2D eigenvalue weighted by Crippen LogP contribution is 2.24. The van der Waals surface area contributed by atoms with E-state index in [1.807, 2.05) is 42.5 Å². The molecule has 156 valence electrons. The van der Waals surface area contributed by atoms with Crippen molar-refractivity contribution in [1.29, 1.82) is 0 Å². The van der Waals surface area contributed by atoms with Crippen LogP contribution in [0, 0.1) is 0 Å². The van der Waals surface area contributed by atoms with Crippen molar-refractivity contribution in [1.82, 2.24) is 4.90 Å². The standard InChI is InChI=1S/C22H28N4O2.ClH/c23-12-15-25(14-11-18-6-2-1-3-7-18)17-21(27)24-19-8-4-9-20(16-19)26-13-5-10-22(26)28;/h1-4,6-9,16H,5,10-15,17,23H2,(H,24,27);1H. The molecule has 0 unspecified atom stereocenters. The number of anilines is 2. The van der Waals surface area contributed by atoms with Gasteiger partial charge in [-0.05, 0) is 36.6 Å². The van der Waals surface area contributed by atoms with Gasteiger partial charge in [0.1, 0.15) is 0 Å². The summed E-state index contributed by atoms with van der Waals surface area (Å²) >= 11 is 0. The molecule has 2 amide bonds. The number of benzene rings is 2. The Labute approximate surface area is 178 Å². The van der Waals surface area contributed by atoms with Gasteiger partial charge in [0.15, 0.2) is 0 Å². The van der Waals surface area contributed by atoms with Crippen molar-refractivity contribution in [3.05, 3.63) is 60.2 Å². The number of nitrogens with one attached hydrogen (secondary N) is 1. The maximum atomic E-state index is 12.5. The first-order chi connectivity index (χ1) is 13.7. The van der Waals surface area contributed by atoms with Crippen LogP contribution in [0.15, 0.2) is 54.6 Å². The molecule has 1 aliphatic heterocycles. The zero-order valence-corrected chi connectivity index (χ0v) is 17.4. The Kier molecular flexibility index (Phi) is 9.12. The van der Waals surface area contributed by atoms with E-state index in [9.17, 15) is 9.59 Å². The van der Waals surface area contributed by atoms with Gasteiger partial charge in [0.2, 0.25) is 11.8 Å². The summed E-state index contributed by atoms with van der Waals surface area (Å²) in [6.07, 6.45) is 2.34. The molecule has 0 spiro atoms. The van der Waals surface area contributed by atoms with Crippen LogP contribution in [-0.4, -0.2) is 49.4 Å². The van der Waals surface area contributed by atoms with Crippen molar-refractivity contribution in [3.8, 4) is 0 Å². The summed E-state index contributed by atoms with van der Waals surface area (Å²) in [6, 6.07) is 17.7. The molecule has 3 rings (SSSR count). The zero-order chi connectivity index (χ0) is 19.8. The minimum Gasteiger partial charge on any atom is -0.329 e. The second-order valence-electron chi connectivity index (χ2n) is 7.05. The number of hydrogen-bond acceptors (Lipinski definition) is 4. The molecular formula is C22H29ClN4O2. The van der Waals surface area contributed by atoms with Crippen LogP contribution in [0.25, 0.3) is 0 Å². The lowest BCUT2D eigenvalue weighted by Crippen LogP contribution is -2.38. The third-order valence-electron chi connectivity index (χ3n) is 4.89. The molecule has 1 heterocycles. The summed E-state index contributed by atoms with van der Waals surface area (Å²) in [5.41, 5.74) is 8.50. The van der Waals surface area contributed by atoms with E-state index in [4.69, 9.17) is 5.73 Å². The van der Waals surface area contributed by atoms with Gasteiger partial charge >= 0.3 is 0 Å². The van der Waals surface area contributed by atoms with Gasteiger partial charge in [-0.15, -0.1) is 12.4 Å². The number of amides is 2. The Bertz CT molecular complexity index is 800. The first-order valence-electron chi connectivity index (χ1n) is 9.82. The van der Waals surface area contributed by atoms with Crippen LogP contribution in [-0.2, 0) is 16.0 Å². The molecule has 0 radical (unpaired) electrons. The summed E-state index contributed by atoms with van der Waals surface area (Å²) in [7, 11) is 0. The monoisotopic (exact) mass is 416 g/mol. The fraction of sp³-hybridized carbons (Fsp3) is 0.364. The number of nitrogens with two attached hydrogens (primary N) is 1. The Balaban J connectivity index is 0.00000300. The first-order valence-corrected chi connectivity index (χ1v) is 9.82. The summed E-state index contributed by atoms with van der Waals surface area (Å²) in [5, 5.41) is 2.95. The SMILES string of the molecule is Cl.NCCN(CCc1ccccc1)CC(=O)Nc1cccc(N2CCCC2=O)c1. The Morgan fingerprint density at radius 1 is 1.10 bits per heavy atom. The molecule has 7 heteroatoms. The van der Waals surface area contributed by atoms with Crippen molar-refractivity contribution in [2.45, 2.75) is 19.3 Å². The molecule has 2 aromatic rings. The maximum absolute atomic E-state index is 12.5. The minimum absolute atomic E-state index is 0. The molecule has 0 atom stereocenters. The Morgan fingerprint density at radius 3 is 2.59 bits per heavy atom. The average molecular weight is 417 g/mol. The van der Waals surface area contributed by atoms with E-state index < -0.39 is 0 Å². The largest absolute Gasteiger partial charge is 0.329 e. The van der Waals surface area contributed by atoms with Gasteiger partial charge in [0.05, 0.1) is 6.54 Å². The highest BCUT2D eigenvalue weighted by atomic mass is 35.5. The molecule has 0 bridgehead atoms. The van der Waals surface area contributed by atoms with Crippen LogP contribution >= 0.6 is 12.4 Å². The number of nitrogens with zero attached hydrogens (tertiary/aromatic N) is 2. The van der Waals surface area contributed by atoms with E-state index in [0.29, 0.717) is 25.2 Å². The second-order valence-corrected chi connectivity index (χ2v) is 7.05. The molecule has 1 saturated heterocycles. The Morgan fingerprint density at radius 2 is 1.90 bits per heavy atom. The smallest absolute Gasteiger partial charge is 0.238 e. The van der Waals surface area contributed by atoms with E-state index in [1.54, 1.807) is 4.90 Å². The number of carbonyl (C=O) groups is 2. The third-order valence-corrected chi connectivity index (χ3v) is 4.89. The minimum atomic E-state index is -0.0774. The van der Waals surface area contributed by atoms with E-state index in [-0.39, 0.29) is 30.8 Å². The van der Waals surface area contributed by atoms with E-state index >= 15 is 0 Å². The van der Waals surface area contributed by atoms with E-state index in [1.165, 1.54) is 5.56 Å². The normalized spacial score (nSPS) is 13.4. The van der Waals surface area contributed by atoms with Crippen molar-refractivity contribution in [3.63, 3.8) is 0 Å². The number of carbonyl (C=O) groups excluding carboxylic acids is 2. The topological polar surface area (TPSA) is 78.7 Å². The fourth-order valence-corrected chi connectivity index (χ4v) is 3.46. The van der Waals surface area contributed by atoms with Crippen molar-refractivity contribution >= 4 is 35.6 Å². The van der Waals surface area contributed by atoms with Gasteiger partial charge in [-0.3, -0.25) is 14.5 Å². The lowest BCUT2D eigenvalue weighted by atomic mass is 10.1. The number of rotatable bonds is 9. The molecule has 0 aromatic heterocycles. The van der Waals surface area contributed by atoms with Crippen LogP contribution in [0.5, 0.6) is 0 Å². The van der Waals surface area contributed by atoms with Gasteiger partial charge in [0.25, 0.3) is 0 Å². The molecule has 0 saturated carbocycles. The number of hydrogen-bond donors (Lipinski definition) is 2. The van der Waals surface area contributed by atoms with Crippen LogP contribution in [0.3, 0.4) is 0 Å². The maximum Gasteiger partial charge on any atom is 0.238 e. The predicted molar refractivity (Wildman–Crippen MR) is 120 cm³/mol. The molecule has 29 heavy (non-hydrogen) atoms. The molecule has 2 aromatic carbocycles. The van der Waals surface area contributed by atoms with Gasteiger partial charge in [-0.25, -0.2) is 0 Å². The lowest BCUT2D eigenvalue weighted by Gasteiger charge is -2.21. The van der Waals surface area contributed by atoms with Crippen LogP contribution in [0.4, 0.5) is 11.4 Å². The van der Waals surface area contributed by atoms with E-state index in [2.05, 4.69) is 22.3 Å². The molecule has 6 nitrogen and oxygen atoms in total. The van der Waals surface area contributed by atoms with Gasteiger partial charge in [-0.2, -0.15) is 0 Å². The molecular weight excluding hydrogens is 388 g/mol.